The molecule has 18 heavy (non-hydrogen) atoms. The SMILES string of the molecule is CN(C(=O)C(N)Cc1ccccc1)C(C)(C)CO. The number of benzene rings is 1. The lowest BCUT2D eigenvalue weighted by Gasteiger charge is -2.35. The van der Waals surface area contributed by atoms with Crippen LogP contribution in [0.3, 0.4) is 0 Å². The summed E-state index contributed by atoms with van der Waals surface area (Å²) in [5, 5.41) is 9.25. The third-order valence-corrected chi connectivity index (χ3v) is 3.24. The fourth-order valence-electron chi connectivity index (χ4n) is 1.61. The topological polar surface area (TPSA) is 66.6 Å². The van der Waals surface area contributed by atoms with Crippen LogP contribution >= 0.6 is 0 Å². The van der Waals surface area contributed by atoms with Gasteiger partial charge in [-0.15, -0.1) is 0 Å². The Morgan fingerprint density at radius 1 is 1.39 bits per heavy atom. The molecule has 1 aromatic carbocycles. The first-order valence-corrected chi connectivity index (χ1v) is 6.06. The number of hydrogen-bond donors (Lipinski definition) is 2. The van der Waals surface area contributed by atoms with E-state index in [0.717, 1.165) is 5.56 Å². The van der Waals surface area contributed by atoms with Crippen molar-refractivity contribution in [2.24, 2.45) is 5.73 Å². The molecule has 0 fully saturated rings. The molecular formula is C14H22N2O2. The standard InChI is InChI=1S/C14H22N2O2/c1-14(2,10-17)16(3)13(18)12(15)9-11-7-5-4-6-8-11/h4-8,12,17H,9-10,15H2,1-3H3. The summed E-state index contributed by atoms with van der Waals surface area (Å²) in [4.78, 5) is 13.7. The quantitative estimate of drug-likeness (QED) is 0.812. The van der Waals surface area contributed by atoms with E-state index in [9.17, 15) is 9.90 Å². The molecule has 4 nitrogen and oxygen atoms in total. The average Bonchev–Trinajstić information content (AvgIpc) is 2.38. The zero-order valence-electron chi connectivity index (χ0n) is 11.3. The van der Waals surface area contributed by atoms with E-state index in [1.54, 1.807) is 20.9 Å². The van der Waals surface area contributed by atoms with E-state index >= 15 is 0 Å². The molecular weight excluding hydrogens is 228 g/mol. The first kappa shape index (κ1) is 14.7. The minimum absolute atomic E-state index is 0.0900. The maximum absolute atomic E-state index is 12.1. The van der Waals surface area contributed by atoms with Gasteiger partial charge in [-0.25, -0.2) is 0 Å². The lowest BCUT2D eigenvalue weighted by molar-refractivity contribution is -0.137. The minimum atomic E-state index is -0.592. The van der Waals surface area contributed by atoms with Gasteiger partial charge in [0, 0.05) is 7.05 Å². The molecule has 0 aliphatic heterocycles. The number of carbonyl (C=O) groups is 1. The number of amides is 1. The van der Waals surface area contributed by atoms with E-state index in [2.05, 4.69) is 0 Å². The Kier molecular flexibility index (Phi) is 4.87. The van der Waals surface area contributed by atoms with Crippen molar-refractivity contribution in [3.8, 4) is 0 Å². The Morgan fingerprint density at radius 3 is 2.44 bits per heavy atom. The number of nitrogens with zero attached hydrogens (tertiary/aromatic N) is 1. The molecule has 3 N–H and O–H groups in total. The molecule has 1 unspecified atom stereocenters. The Labute approximate surface area is 108 Å². The molecule has 1 atom stereocenters. The van der Waals surface area contributed by atoms with Crippen LogP contribution in [0.2, 0.25) is 0 Å². The van der Waals surface area contributed by atoms with Gasteiger partial charge < -0.3 is 15.7 Å². The van der Waals surface area contributed by atoms with E-state index in [1.807, 2.05) is 30.3 Å². The van der Waals surface area contributed by atoms with Crippen LogP contribution in [0.5, 0.6) is 0 Å². The zero-order chi connectivity index (χ0) is 13.8. The Hall–Kier alpha value is -1.39. The van der Waals surface area contributed by atoms with Crippen molar-refractivity contribution in [1.29, 1.82) is 0 Å². The van der Waals surface area contributed by atoms with Crippen LogP contribution in [0.15, 0.2) is 30.3 Å². The highest BCUT2D eigenvalue weighted by Gasteiger charge is 2.29. The highest BCUT2D eigenvalue weighted by molar-refractivity contribution is 5.82. The van der Waals surface area contributed by atoms with Crippen LogP contribution in [-0.2, 0) is 11.2 Å². The van der Waals surface area contributed by atoms with Crippen LogP contribution in [0.25, 0.3) is 0 Å². The van der Waals surface area contributed by atoms with E-state index in [4.69, 9.17) is 5.73 Å². The summed E-state index contributed by atoms with van der Waals surface area (Å²) in [5.74, 6) is -0.155. The molecule has 0 heterocycles. The fourth-order valence-corrected chi connectivity index (χ4v) is 1.61. The van der Waals surface area contributed by atoms with Crippen molar-refractivity contribution < 1.29 is 9.90 Å². The zero-order valence-corrected chi connectivity index (χ0v) is 11.3. The highest BCUT2D eigenvalue weighted by Crippen LogP contribution is 2.13. The molecule has 0 saturated carbocycles. The van der Waals surface area contributed by atoms with E-state index in [-0.39, 0.29) is 12.5 Å². The van der Waals surface area contributed by atoms with Gasteiger partial charge in [0.2, 0.25) is 5.91 Å². The lowest BCUT2D eigenvalue weighted by atomic mass is 10.0. The van der Waals surface area contributed by atoms with Gasteiger partial charge in [0.25, 0.3) is 0 Å². The molecule has 1 rings (SSSR count). The van der Waals surface area contributed by atoms with Crippen LogP contribution < -0.4 is 5.73 Å². The normalized spacial score (nSPS) is 13.2. The predicted molar refractivity (Wildman–Crippen MR) is 72.1 cm³/mol. The van der Waals surface area contributed by atoms with Crippen LogP contribution in [0, 0.1) is 0 Å². The number of rotatable bonds is 5. The lowest BCUT2D eigenvalue weighted by Crippen LogP contribution is -2.53. The molecule has 0 aliphatic carbocycles. The summed E-state index contributed by atoms with van der Waals surface area (Å²) in [7, 11) is 1.67. The van der Waals surface area contributed by atoms with Crippen LogP contribution in [0.4, 0.5) is 0 Å². The average molecular weight is 250 g/mol. The summed E-state index contributed by atoms with van der Waals surface area (Å²) in [6.45, 7) is 3.52. The molecule has 0 bridgehead atoms. The molecule has 0 spiro atoms. The monoisotopic (exact) mass is 250 g/mol. The molecule has 0 saturated heterocycles. The van der Waals surface area contributed by atoms with Crippen molar-refractivity contribution >= 4 is 5.91 Å². The third kappa shape index (κ3) is 3.55. The molecule has 100 valence electrons. The maximum atomic E-state index is 12.1. The summed E-state index contributed by atoms with van der Waals surface area (Å²) in [5.41, 5.74) is 6.37. The maximum Gasteiger partial charge on any atom is 0.240 e. The summed E-state index contributed by atoms with van der Waals surface area (Å²) >= 11 is 0. The van der Waals surface area contributed by atoms with Gasteiger partial charge in [0.1, 0.15) is 0 Å². The van der Waals surface area contributed by atoms with Crippen molar-refractivity contribution in [1.82, 2.24) is 4.90 Å². The number of likely N-dealkylation sites (N-methyl/N-ethyl adjacent to an activating group) is 1. The van der Waals surface area contributed by atoms with E-state index < -0.39 is 11.6 Å². The molecule has 0 aromatic heterocycles. The minimum Gasteiger partial charge on any atom is -0.394 e. The van der Waals surface area contributed by atoms with E-state index in [1.165, 1.54) is 4.90 Å². The number of nitrogens with two attached hydrogens (primary N) is 1. The second-order valence-corrected chi connectivity index (χ2v) is 5.16. The van der Waals surface area contributed by atoms with Gasteiger partial charge in [-0.05, 0) is 25.8 Å². The predicted octanol–water partition coefficient (Wildman–Crippen LogP) is 0.786. The highest BCUT2D eigenvalue weighted by atomic mass is 16.3. The number of hydrogen-bond acceptors (Lipinski definition) is 3. The van der Waals surface area contributed by atoms with Gasteiger partial charge in [0.05, 0.1) is 18.2 Å². The van der Waals surface area contributed by atoms with Crippen molar-refractivity contribution in [2.45, 2.75) is 31.8 Å². The third-order valence-electron chi connectivity index (χ3n) is 3.24. The van der Waals surface area contributed by atoms with Crippen molar-refractivity contribution in [2.75, 3.05) is 13.7 Å². The molecule has 4 heteroatoms. The van der Waals surface area contributed by atoms with Gasteiger partial charge >= 0.3 is 0 Å². The number of aliphatic hydroxyl groups excluding tert-OH is 1. The van der Waals surface area contributed by atoms with Crippen LogP contribution in [-0.4, -0.2) is 41.1 Å². The number of aliphatic hydroxyl groups is 1. The second kappa shape index (κ2) is 5.98. The Bertz CT molecular complexity index is 390. The van der Waals surface area contributed by atoms with Crippen molar-refractivity contribution in [3.63, 3.8) is 0 Å². The van der Waals surface area contributed by atoms with Crippen LogP contribution in [0.1, 0.15) is 19.4 Å². The summed E-state index contributed by atoms with van der Waals surface area (Å²) in [6.07, 6.45) is 0.505. The first-order chi connectivity index (χ1) is 8.38. The smallest absolute Gasteiger partial charge is 0.240 e. The summed E-state index contributed by atoms with van der Waals surface area (Å²) < 4.78 is 0. The summed E-state index contributed by atoms with van der Waals surface area (Å²) in [6, 6.07) is 9.09. The van der Waals surface area contributed by atoms with Gasteiger partial charge in [-0.1, -0.05) is 30.3 Å². The fraction of sp³-hybridized carbons (Fsp3) is 0.500. The molecule has 1 aromatic rings. The molecule has 1 amide bonds. The van der Waals surface area contributed by atoms with Crippen molar-refractivity contribution in [3.05, 3.63) is 35.9 Å². The Morgan fingerprint density at radius 2 is 1.94 bits per heavy atom. The van der Waals surface area contributed by atoms with Gasteiger partial charge in [-0.2, -0.15) is 0 Å². The molecule has 0 radical (unpaired) electrons. The largest absolute Gasteiger partial charge is 0.394 e. The van der Waals surface area contributed by atoms with E-state index in [0.29, 0.717) is 6.42 Å². The van der Waals surface area contributed by atoms with Gasteiger partial charge in [0.15, 0.2) is 0 Å². The first-order valence-electron chi connectivity index (χ1n) is 6.06. The van der Waals surface area contributed by atoms with Gasteiger partial charge in [-0.3, -0.25) is 4.79 Å². The second-order valence-electron chi connectivity index (χ2n) is 5.16. The number of carbonyl (C=O) groups excluding carboxylic acids is 1. The molecule has 0 aliphatic rings. The Balaban J connectivity index is 2.67.